The van der Waals surface area contributed by atoms with Gasteiger partial charge in [0.1, 0.15) is 5.75 Å². The van der Waals surface area contributed by atoms with Crippen LogP contribution in [0.25, 0.3) is 0 Å². The van der Waals surface area contributed by atoms with Crippen LogP contribution in [0.15, 0.2) is 30.9 Å². The summed E-state index contributed by atoms with van der Waals surface area (Å²) in [6.07, 6.45) is 1.96. The summed E-state index contributed by atoms with van der Waals surface area (Å²) in [5.41, 5.74) is 2.60. The Labute approximate surface area is 106 Å². The predicted molar refractivity (Wildman–Crippen MR) is 74.9 cm³/mol. The van der Waals surface area contributed by atoms with Crippen LogP contribution in [0.4, 0.5) is 0 Å². The number of rotatable bonds is 4. The van der Waals surface area contributed by atoms with E-state index in [1.165, 1.54) is 11.1 Å². The third-order valence-corrected chi connectivity index (χ3v) is 2.99. The van der Waals surface area contributed by atoms with Crippen molar-refractivity contribution in [1.82, 2.24) is 0 Å². The molecule has 0 saturated carbocycles. The fraction of sp³-hybridized carbons (Fsp3) is 0.500. The first kappa shape index (κ1) is 13.8. The van der Waals surface area contributed by atoms with E-state index in [0.717, 1.165) is 5.75 Å². The smallest absolute Gasteiger partial charge is 0.126 e. The summed E-state index contributed by atoms with van der Waals surface area (Å²) in [4.78, 5) is 0. The highest BCUT2D eigenvalue weighted by atomic mass is 16.5. The Balaban J connectivity index is 3.36. The SMILES string of the molecule is C=CC(C)c1cccc(C(C)(C)C)c1OCC. The first-order chi connectivity index (χ1) is 7.91. The minimum absolute atomic E-state index is 0.0986. The highest BCUT2D eigenvalue weighted by Crippen LogP contribution is 2.37. The third kappa shape index (κ3) is 3.12. The largest absolute Gasteiger partial charge is 0.493 e. The van der Waals surface area contributed by atoms with Crippen LogP contribution in [0.1, 0.15) is 51.7 Å². The van der Waals surface area contributed by atoms with E-state index in [-0.39, 0.29) is 5.41 Å². The molecule has 1 nitrogen and oxygen atoms in total. The minimum Gasteiger partial charge on any atom is -0.493 e. The Bertz CT molecular complexity index is 385. The second-order valence-electron chi connectivity index (χ2n) is 5.43. The molecule has 1 unspecified atom stereocenters. The molecule has 1 atom stereocenters. The number of ether oxygens (including phenoxy) is 1. The van der Waals surface area contributed by atoms with E-state index in [1.807, 2.05) is 13.0 Å². The molecule has 0 N–H and O–H groups in total. The van der Waals surface area contributed by atoms with Crippen molar-refractivity contribution >= 4 is 0 Å². The van der Waals surface area contributed by atoms with Crippen molar-refractivity contribution in [2.45, 2.75) is 46.0 Å². The summed E-state index contributed by atoms with van der Waals surface area (Å²) >= 11 is 0. The quantitative estimate of drug-likeness (QED) is 0.685. The summed E-state index contributed by atoms with van der Waals surface area (Å²) in [7, 11) is 0. The van der Waals surface area contributed by atoms with Crippen molar-refractivity contribution < 1.29 is 4.74 Å². The average molecular weight is 232 g/mol. The number of benzene rings is 1. The van der Waals surface area contributed by atoms with Gasteiger partial charge in [-0.2, -0.15) is 0 Å². The highest BCUT2D eigenvalue weighted by Gasteiger charge is 2.22. The Morgan fingerprint density at radius 3 is 2.47 bits per heavy atom. The fourth-order valence-electron chi connectivity index (χ4n) is 1.94. The van der Waals surface area contributed by atoms with Crippen molar-refractivity contribution in [2.24, 2.45) is 0 Å². The molecule has 0 fully saturated rings. The topological polar surface area (TPSA) is 9.23 Å². The molecule has 0 amide bonds. The molecule has 0 aliphatic rings. The molecule has 94 valence electrons. The standard InChI is InChI=1S/C16H24O/c1-7-12(3)13-10-9-11-14(16(4,5)6)15(13)17-8-2/h7,9-12H,1,8H2,2-6H3. The molecule has 0 bridgehead atoms. The van der Waals surface area contributed by atoms with Crippen molar-refractivity contribution in [1.29, 1.82) is 0 Å². The molecule has 0 aromatic heterocycles. The third-order valence-electron chi connectivity index (χ3n) is 2.99. The lowest BCUT2D eigenvalue weighted by atomic mass is 9.83. The summed E-state index contributed by atoms with van der Waals surface area (Å²) in [5.74, 6) is 1.36. The Kier molecular flexibility index (Phi) is 4.39. The van der Waals surface area contributed by atoms with Gasteiger partial charge in [0.05, 0.1) is 6.61 Å². The molecule has 1 aromatic rings. The molecule has 0 aliphatic heterocycles. The minimum atomic E-state index is 0.0986. The molecule has 0 saturated heterocycles. The molecule has 1 heteroatoms. The zero-order valence-electron chi connectivity index (χ0n) is 11.7. The predicted octanol–water partition coefficient (Wildman–Crippen LogP) is 4.67. The molecular formula is C16H24O. The van der Waals surface area contributed by atoms with Crippen molar-refractivity contribution in [3.8, 4) is 5.75 Å². The maximum Gasteiger partial charge on any atom is 0.126 e. The van der Waals surface area contributed by atoms with Crippen LogP contribution in [-0.4, -0.2) is 6.61 Å². The van der Waals surface area contributed by atoms with Crippen LogP contribution in [0.5, 0.6) is 5.75 Å². The highest BCUT2D eigenvalue weighted by molar-refractivity contribution is 5.47. The lowest BCUT2D eigenvalue weighted by Crippen LogP contribution is -2.15. The molecule has 17 heavy (non-hydrogen) atoms. The van der Waals surface area contributed by atoms with Crippen LogP contribution >= 0.6 is 0 Å². The van der Waals surface area contributed by atoms with Crippen molar-refractivity contribution in [3.63, 3.8) is 0 Å². The van der Waals surface area contributed by atoms with E-state index in [2.05, 4.69) is 52.5 Å². The molecule has 0 aliphatic carbocycles. The number of allylic oxidation sites excluding steroid dienone is 1. The van der Waals surface area contributed by atoms with Crippen LogP contribution in [0.3, 0.4) is 0 Å². The molecule has 0 spiro atoms. The summed E-state index contributed by atoms with van der Waals surface area (Å²) < 4.78 is 5.87. The zero-order valence-corrected chi connectivity index (χ0v) is 11.7. The Morgan fingerprint density at radius 2 is 2.00 bits per heavy atom. The van der Waals surface area contributed by atoms with Gasteiger partial charge < -0.3 is 4.74 Å². The van der Waals surface area contributed by atoms with Gasteiger partial charge in [-0.1, -0.05) is 52.0 Å². The van der Waals surface area contributed by atoms with Gasteiger partial charge in [0.15, 0.2) is 0 Å². The van der Waals surface area contributed by atoms with Crippen LogP contribution < -0.4 is 4.74 Å². The molecule has 1 rings (SSSR count). The average Bonchev–Trinajstić information content (AvgIpc) is 2.27. The maximum atomic E-state index is 5.87. The van der Waals surface area contributed by atoms with E-state index < -0.39 is 0 Å². The maximum absolute atomic E-state index is 5.87. The Hall–Kier alpha value is -1.24. The number of hydrogen-bond donors (Lipinski definition) is 0. The van der Waals surface area contributed by atoms with Crippen molar-refractivity contribution in [2.75, 3.05) is 6.61 Å². The van der Waals surface area contributed by atoms with Gasteiger partial charge in [0, 0.05) is 11.5 Å². The lowest BCUT2D eigenvalue weighted by Gasteiger charge is -2.25. The van der Waals surface area contributed by atoms with E-state index in [9.17, 15) is 0 Å². The van der Waals surface area contributed by atoms with Crippen LogP contribution in [0.2, 0.25) is 0 Å². The number of hydrogen-bond acceptors (Lipinski definition) is 1. The van der Waals surface area contributed by atoms with Gasteiger partial charge in [0.25, 0.3) is 0 Å². The van der Waals surface area contributed by atoms with E-state index in [4.69, 9.17) is 4.74 Å². The summed E-state index contributed by atoms with van der Waals surface area (Å²) in [5, 5.41) is 0. The van der Waals surface area contributed by atoms with Gasteiger partial charge in [0.2, 0.25) is 0 Å². The van der Waals surface area contributed by atoms with Gasteiger partial charge in [-0.25, -0.2) is 0 Å². The van der Waals surface area contributed by atoms with E-state index in [0.29, 0.717) is 12.5 Å². The van der Waals surface area contributed by atoms with Crippen LogP contribution in [0, 0.1) is 0 Å². The lowest BCUT2D eigenvalue weighted by molar-refractivity contribution is 0.325. The van der Waals surface area contributed by atoms with E-state index >= 15 is 0 Å². The molecule has 1 aromatic carbocycles. The first-order valence-corrected chi connectivity index (χ1v) is 6.30. The summed E-state index contributed by atoms with van der Waals surface area (Å²) in [6.45, 7) is 15.4. The molecule has 0 radical (unpaired) electrons. The second kappa shape index (κ2) is 5.39. The normalized spacial score (nSPS) is 13.2. The van der Waals surface area contributed by atoms with Gasteiger partial charge >= 0.3 is 0 Å². The monoisotopic (exact) mass is 232 g/mol. The van der Waals surface area contributed by atoms with Crippen LogP contribution in [-0.2, 0) is 5.41 Å². The van der Waals surface area contributed by atoms with E-state index in [1.54, 1.807) is 0 Å². The van der Waals surface area contributed by atoms with Gasteiger partial charge in [-0.15, -0.1) is 6.58 Å². The van der Waals surface area contributed by atoms with Gasteiger partial charge in [-0.3, -0.25) is 0 Å². The zero-order chi connectivity index (χ0) is 13.1. The fourth-order valence-corrected chi connectivity index (χ4v) is 1.94. The first-order valence-electron chi connectivity index (χ1n) is 6.30. The van der Waals surface area contributed by atoms with Gasteiger partial charge in [-0.05, 0) is 17.9 Å². The number of para-hydroxylation sites is 1. The summed E-state index contributed by atoms with van der Waals surface area (Å²) in [6, 6.07) is 6.40. The van der Waals surface area contributed by atoms with Crippen molar-refractivity contribution in [3.05, 3.63) is 42.0 Å². The Morgan fingerprint density at radius 1 is 1.35 bits per heavy atom. The molecular weight excluding hydrogens is 208 g/mol. The second-order valence-corrected chi connectivity index (χ2v) is 5.43. The molecule has 0 heterocycles.